The number of hydrogen-bond acceptors (Lipinski definition) is 6. The first-order valence-corrected chi connectivity index (χ1v) is 15.5. The van der Waals surface area contributed by atoms with Crippen molar-refractivity contribution >= 4 is 27.8 Å². The van der Waals surface area contributed by atoms with Gasteiger partial charge in [-0.05, 0) is 46.9 Å². The van der Waals surface area contributed by atoms with E-state index in [9.17, 15) is 19.5 Å². The molecule has 0 aliphatic heterocycles. The molecule has 2 N–H and O–H groups in total. The van der Waals surface area contributed by atoms with Crippen LogP contribution in [-0.2, 0) is 23.8 Å². The van der Waals surface area contributed by atoms with Crippen molar-refractivity contribution in [1.82, 2.24) is 24.4 Å². The van der Waals surface area contributed by atoms with E-state index in [1.54, 1.807) is 37.5 Å². The highest BCUT2D eigenvalue weighted by molar-refractivity contribution is 5.90. The highest BCUT2D eigenvalue weighted by Gasteiger charge is 2.40. The molecule has 0 fully saturated rings. The largest absolute Gasteiger partial charge is 0.480 e. The molecule has 0 amide bonds. The molecule has 9 nitrogen and oxygen atoms in total. The van der Waals surface area contributed by atoms with Gasteiger partial charge in [0.05, 0.1) is 33.8 Å². The van der Waals surface area contributed by atoms with Gasteiger partial charge in [0, 0.05) is 24.8 Å². The fourth-order valence-electron chi connectivity index (χ4n) is 6.58. The second kappa shape index (κ2) is 12.5. The van der Waals surface area contributed by atoms with Gasteiger partial charge < -0.3 is 5.11 Å². The van der Waals surface area contributed by atoms with Crippen LogP contribution in [0, 0.1) is 0 Å². The zero-order valence-corrected chi connectivity index (χ0v) is 26.0. The zero-order valence-electron chi connectivity index (χ0n) is 26.0. The van der Waals surface area contributed by atoms with E-state index in [2.05, 4.69) is 15.3 Å². The van der Waals surface area contributed by atoms with Crippen molar-refractivity contribution in [2.45, 2.75) is 18.0 Å². The van der Waals surface area contributed by atoms with E-state index in [4.69, 9.17) is 0 Å². The third-order valence-corrected chi connectivity index (χ3v) is 8.89. The Labute approximate surface area is 275 Å². The Bertz CT molecular complexity index is 2290. The topological polar surface area (TPSA) is 119 Å². The van der Waals surface area contributed by atoms with E-state index in [1.165, 1.54) is 17.0 Å². The number of hydrogen-bond donors (Lipinski definition) is 2. The minimum absolute atomic E-state index is 0.0857. The molecule has 0 bridgehead atoms. The Morgan fingerprint density at radius 1 is 0.771 bits per heavy atom. The first-order chi connectivity index (χ1) is 23.4. The molecule has 1 unspecified atom stereocenters. The van der Waals surface area contributed by atoms with Gasteiger partial charge in [-0.15, -0.1) is 0 Å². The molecule has 0 spiro atoms. The van der Waals surface area contributed by atoms with Gasteiger partial charge in [-0.1, -0.05) is 103 Å². The van der Waals surface area contributed by atoms with Crippen molar-refractivity contribution in [3.8, 4) is 5.69 Å². The third-order valence-electron chi connectivity index (χ3n) is 8.89. The van der Waals surface area contributed by atoms with Gasteiger partial charge in [0.2, 0.25) is 0 Å². The number of carbonyl (C=O) groups is 1. The molecule has 7 rings (SSSR count). The van der Waals surface area contributed by atoms with Crippen LogP contribution in [0.25, 0.3) is 27.5 Å². The number of fused-ring (bicyclic) bond motifs is 2. The molecule has 0 saturated heterocycles. The molecule has 236 valence electrons. The van der Waals surface area contributed by atoms with Crippen molar-refractivity contribution in [1.29, 1.82) is 0 Å². The lowest BCUT2D eigenvalue weighted by Gasteiger charge is -2.39. The minimum Gasteiger partial charge on any atom is -0.480 e. The fraction of sp³-hybridized carbons (Fsp3) is 0.103. The number of carboxylic acids is 1. The molecular formula is C39H31N5O4. The van der Waals surface area contributed by atoms with Crippen LogP contribution in [0.1, 0.15) is 22.3 Å². The van der Waals surface area contributed by atoms with Crippen molar-refractivity contribution < 1.29 is 9.90 Å². The van der Waals surface area contributed by atoms with Crippen molar-refractivity contribution in [2.24, 2.45) is 7.05 Å². The standard InChI is InChI=1S/C39H31N5O4/c1-43-34-25-40-23-21-31(34)36(45)44(38(43)48)33-20-19-26(30-18-11-22-41-35(30)33)24-32(37(46)47)42-39(27-12-5-2-6-13-27,28-14-7-3-8-15-28)29-16-9-4-10-17-29/h2-23,25,32,42H,24H2,1H3,(H,46,47). The summed E-state index contributed by atoms with van der Waals surface area (Å²) in [6, 6.07) is 37.0. The lowest BCUT2D eigenvalue weighted by atomic mass is 9.76. The molecule has 0 saturated carbocycles. The molecule has 48 heavy (non-hydrogen) atoms. The van der Waals surface area contributed by atoms with E-state index < -0.39 is 28.8 Å². The molecule has 0 radical (unpaired) electrons. The van der Waals surface area contributed by atoms with E-state index in [-0.39, 0.29) is 6.42 Å². The van der Waals surface area contributed by atoms with Crippen molar-refractivity contribution in [2.75, 3.05) is 0 Å². The molecule has 0 aliphatic rings. The second-order valence-electron chi connectivity index (χ2n) is 11.6. The van der Waals surface area contributed by atoms with E-state index in [1.807, 2.05) is 97.1 Å². The van der Waals surface area contributed by atoms with Gasteiger partial charge in [-0.25, -0.2) is 9.36 Å². The van der Waals surface area contributed by atoms with Crippen LogP contribution in [0.5, 0.6) is 0 Å². The number of aryl methyl sites for hydroxylation is 1. The number of aromatic nitrogens is 4. The number of nitrogens with zero attached hydrogens (tertiary/aromatic N) is 4. The SMILES string of the molecule is Cn1c(=O)n(-c2ccc(CC(NC(c3ccccc3)(c3ccccc3)c3ccccc3)C(=O)O)c3cccnc23)c(=O)c2ccncc21. The minimum atomic E-state index is -1.07. The zero-order chi connectivity index (χ0) is 33.3. The van der Waals surface area contributed by atoms with Crippen LogP contribution in [-0.4, -0.2) is 36.2 Å². The number of benzene rings is 4. The predicted octanol–water partition coefficient (Wildman–Crippen LogP) is 5.21. The summed E-state index contributed by atoms with van der Waals surface area (Å²) in [5.74, 6) is -1.03. The number of rotatable bonds is 9. The Kier molecular flexibility index (Phi) is 7.96. The summed E-state index contributed by atoms with van der Waals surface area (Å²) in [5.41, 5.74) is 2.46. The van der Waals surface area contributed by atoms with Crippen LogP contribution in [0.15, 0.2) is 150 Å². The van der Waals surface area contributed by atoms with E-state index in [0.717, 1.165) is 21.3 Å². The summed E-state index contributed by atoms with van der Waals surface area (Å²) < 4.78 is 2.49. The molecule has 0 aliphatic carbocycles. The quantitative estimate of drug-likeness (QED) is 0.210. The summed E-state index contributed by atoms with van der Waals surface area (Å²) >= 11 is 0. The van der Waals surface area contributed by atoms with Gasteiger partial charge in [0.15, 0.2) is 0 Å². The normalized spacial score (nSPS) is 12.3. The summed E-state index contributed by atoms with van der Waals surface area (Å²) in [6.45, 7) is 0. The summed E-state index contributed by atoms with van der Waals surface area (Å²) in [5, 5.41) is 15.3. The van der Waals surface area contributed by atoms with Gasteiger partial charge in [0.1, 0.15) is 6.04 Å². The van der Waals surface area contributed by atoms with Crippen LogP contribution in [0.2, 0.25) is 0 Å². The average Bonchev–Trinajstić information content (AvgIpc) is 3.14. The molecule has 9 heteroatoms. The number of nitrogens with one attached hydrogen (secondary N) is 1. The molecule has 4 aromatic carbocycles. The predicted molar refractivity (Wildman–Crippen MR) is 185 cm³/mol. The Morgan fingerprint density at radius 2 is 1.38 bits per heavy atom. The third kappa shape index (κ3) is 5.16. The highest BCUT2D eigenvalue weighted by atomic mass is 16.4. The van der Waals surface area contributed by atoms with Crippen molar-refractivity contribution in [3.63, 3.8) is 0 Å². The number of aliphatic carboxylic acids is 1. The Balaban J connectivity index is 1.38. The number of carboxylic acid groups (broad SMARTS) is 1. The van der Waals surface area contributed by atoms with Crippen LogP contribution >= 0.6 is 0 Å². The van der Waals surface area contributed by atoms with Crippen LogP contribution < -0.4 is 16.6 Å². The van der Waals surface area contributed by atoms with Gasteiger partial charge in [-0.2, -0.15) is 0 Å². The summed E-state index contributed by atoms with van der Waals surface area (Å²) in [6.07, 6.45) is 4.68. The van der Waals surface area contributed by atoms with Crippen molar-refractivity contribution in [3.05, 3.63) is 183 Å². The smallest absolute Gasteiger partial charge is 0.335 e. The lowest BCUT2D eigenvalue weighted by molar-refractivity contribution is -0.139. The highest BCUT2D eigenvalue weighted by Crippen LogP contribution is 2.38. The molecule has 7 aromatic rings. The van der Waals surface area contributed by atoms with Gasteiger partial charge in [0.25, 0.3) is 5.56 Å². The molecule has 3 heterocycles. The maximum atomic E-state index is 13.7. The maximum Gasteiger partial charge on any atom is 0.335 e. The van der Waals surface area contributed by atoms with Crippen LogP contribution in [0.4, 0.5) is 0 Å². The first kappa shape index (κ1) is 30.5. The van der Waals surface area contributed by atoms with E-state index in [0.29, 0.717) is 33.1 Å². The molecule has 1 atom stereocenters. The Hall–Kier alpha value is -6.19. The summed E-state index contributed by atoms with van der Waals surface area (Å²) in [4.78, 5) is 49.0. The summed E-state index contributed by atoms with van der Waals surface area (Å²) in [7, 11) is 1.59. The number of pyridine rings is 2. The first-order valence-electron chi connectivity index (χ1n) is 15.5. The molecule has 3 aromatic heterocycles. The molecular weight excluding hydrogens is 602 g/mol. The van der Waals surface area contributed by atoms with E-state index >= 15 is 0 Å². The fourth-order valence-corrected chi connectivity index (χ4v) is 6.58. The monoisotopic (exact) mass is 633 g/mol. The van der Waals surface area contributed by atoms with Crippen LogP contribution in [0.3, 0.4) is 0 Å². The lowest BCUT2D eigenvalue weighted by Crippen LogP contribution is -2.53. The van der Waals surface area contributed by atoms with Gasteiger partial charge in [-0.3, -0.25) is 29.4 Å². The second-order valence-corrected chi connectivity index (χ2v) is 11.6. The van der Waals surface area contributed by atoms with Gasteiger partial charge >= 0.3 is 11.7 Å². The maximum absolute atomic E-state index is 13.7. The average molecular weight is 634 g/mol. The Morgan fingerprint density at radius 3 is 1.96 bits per heavy atom.